The first-order valence-electron chi connectivity index (χ1n) is 8.19. The molecule has 0 heterocycles. The van der Waals surface area contributed by atoms with Crippen LogP contribution in [0.15, 0.2) is 18.2 Å². The van der Waals surface area contributed by atoms with Gasteiger partial charge in [0, 0.05) is 30.3 Å². The molecular formula is C18H29NO4. The van der Waals surface area contributed by atoms with Crippen LogP contribution in [0.25, 0.3) is 0 Å². The summed E-state index contributed by atoms with van der Waals surface area (Å²) < 4.78 is 11.3. The third kappa shape index (κ3) is 7.59. The Morgan fingerprint density at radius 3 is 2.70 bits per heavy atom. The number of carbonyl (C=O) groups excluding carboxylic acids is 1. The molecule has 0 bridgehead atoms. The Kier molecular flexibility index (Phi) is 8.84. The second kappa shape index (κ2) is 10.4. The van der Waals surface area contributed by atoms with Crippen molar-refractivity contribution < 1.29 is 19.4 Å². The summed E-state index contributed by atoms with van der Waals surface area (Å²) in [5.41, 5.74) is 1.46. The van der Waals surface area contributed by atoms with Crippen LogP contribution in [0.1, 0.15) is 50.0 Å². The maximum absolute atomic E-state index is 11.5. The minimum absolute atomic E-state index is 0.00876. The lowest BCUT2D eigenvalue weighted by molar-refractivity contribution is 0.0964. The predicted molar refractivity (Wildman–Crippen MR) is 91.0 cm³/mol. The maximum atomic E-state index is 11.5. The molecule has 1 rings (SSSR count). The van der Waals surface area contributed by atoms with E-state index < -0.39 is 6.10 Å². The molecule has 0 saturated heterocycles. The minimum Gasteiger partial charge on any atom is -0.490 e. The lowest BCUT2D eigenvalue weighted by atomic mass is 10.1. The molecule has 0 aliphatic rings. The molecule has 0 amide bonds. The zero-order valence-electron chi connectivity index (χ0n) is 14.6. The zero-order chi connectivity index (χ0) is 17.2. The zero-order valence-corrected chi connectivity index (χ0v) is 14.6. The standard InChI is InChI=1S/C18H29NO4/c1-5-8-22-11-16-9-15(14(4)20)6-7-18(16)23-12-17(21)10-19-13(2)3/h6-7,9,13,17,19,21H,5,8,10-12H2,1-4H3. The van der Waals surface area contributed by atoms with Gasteiger partial charge in [0.25, 0.3) is 0 Å². The number of ether oxygens (including phenoxy) is 2. The number of Topliss-reactive ketones (excluding diaryl/α,β-unsaturated/α-hetero) is 1. The third-order valence-electron chi connectivity index (χ3n) is 3.27. The summed E-state index contributed by atoms with van der Waals surface area (Å²) in [6.07, 6.45) is 0.344. The van der Waals surface area contributed by atoms with Crippen LogP contribution in [0.4, 0.5) is 0 Å². The van der Waals surface area contributed by atoms with E-state index in [-0.39, 0.29) is 12.4 Å². The Morgan fingerprint density at radius 1 is 1.35 bits per heavy atom. The van der Waals surface area contributed by atoms with Crippen molar-refractivity contribution in [3.05, 3.63) is 29.3 Å². The quantitative estimate of drug-likeness (QED) is 0.484. The molecule has 23 heavy (non-hydrogen) atoms. The molecule has 0 aromatic heterocycles. The van der Waals surface area contributed by atoms with Gasteiger partial charge >= 0.3 is 0 Å². The molecule has 5 heteroatoms. The number of hydrogen-bond donors (Lipinski definition) is 2. The summed E-state index contributed by atoms with van der Waals surface area (Å²) in [5.74, 6) is 0.657. The SMILES string of the molecule is CCCOCc1cc(C(C)=O)ccc1OCC(O)CNC(C)C. The first-order valence-corrected chi connectivity index (χ1v) is 8.19. The van der Waals surface area contributed by atoms with Crippen LogP contribution in [0, 0.1) is 0 Å². The lowest BCUT2D eigenvalue weighted by Gasteiger charge is -2.17. The fourth-order valence-corrected chi connectivity index (χ4v) is 2.00. The summed E-state index contributed by atoms with van der Waals surface area (Å²) in [7, 11) is 0. The second-order valence-electron chi connectivity index (χ2n) is 5.96. The van der Waals surface area contributed by atoms with Crippen LogP contribution in [0.5, 0.6) is 5.75 Å². The summed E-state index contributed by atoms with van der Waals surface area (Å²) in [5, 5.41) is 13.1. The van der Waals surface area contributed by atoms with E-state index >= 15 is 0 Å². The molecule has 0 aliphatic carbocycles. The van der Waals surface area contributed by atoms with Crippen LogP contribution >= 0.6 is 0 Å². The van der Waals surface area contributed by atoms with Crippen LogP contribution in [0.3, 0.4) is 0 Å². The number of hydrogen-bond acceptors (Lipinski definition) is 5. The van der Waals surface area contributed by atoms with Crippen molar-refractivity contribution in [3.63, 3.8) is 0 Å². The maximum Gasteiger partial charge on any atom is 0.159 e. The van der Waals surface area contributed by atoms with Gasteiger partial charge < -0.3 is 19.9 Å². The number of aliphatic hydroxyl groups excluding tert-OH is 1. The molecule has 0 spiro atoms. The van der Waals surface area contributed by atoms with Crippen LogP contribution in [-0.2, 0) is 11.3 Å². The highest BCUT2D eigenvalue weighted by Gasteiger charge is 2.11. The van der Waals surface area contributed by atoms with Gasteiger partial charge in [0.15, 0.2) is 5.78 Å². The van der Waals surface area contributed by atoms with E-state index in [0.717, 1.165) is 12.0 Å². The molecule has 0 fully saturated rings. The van der Waals surface area contributed by atoms with Crippen molar-refractivity contribution in [1.29, 1.82) is 0 Å². The third-order valence-corrected chi connectivity index (χ3v) is 3.27. The van der Waals surface area contributed by atoms with Crippen LogP contribution in [0.2, 0.25) is 0 Å². The van der Waals surface area contributed by atoms with Gasteiger partial charge in [0.2, 0.25) is 0 Å². The fourth-order valence-electron chi connectivity index (χ4n) is 2.00. The first-order chi connectivity index (χ1) is 10.9. The van der Waals surface area contributed by atoms with Gasteiger partial charge in [0.1, 0.15) is 18.5 Å². The van der Waals surface area contributed by atoms with Crippen molar-refractivity contribution in [1.82, 2.24) is 5.32 Å². The average molecular weight is 323 g/mol. The molecule has 0 saturated carbocycles. The van der Waals surface area contributed by atoms with E-state index in [2.05, 4.69) is 5.32 Å². The summed E-state index contributed by atoms with van der Waals surface area (Å²) in [4.78, 5) is 11.5. The van der Waals surface area contributed by atoms with Crippen LogP contribution in [-0.4, -0.2) is 42.8 Å². The molecule has 1 atom stereocenters. The smallest absolute Gasteiger partial charge is 0.159 e. The molecule has 5 nitrogen and oxygen atoms in total. The van der Waals surface area contributed by atoms with Gasteiger partial charge in [-0.1, -0.05) is 20.8 Å². The van der Waals surface area contributed by atoms with Crippen LogP contribution < -0.4 is 10.1 Å². The Bertz CT molecular complexity index is 488. The molecule has 1 unspecified atom stereocenters. The molecular weight excluding hydrogens is 294 g/mol. The number of aliphatic hydroxyl groups is 1. The molecule has 1 aromatic rings. The molecule has 1 aromatic carbocycles. The van der Waals surface area contributed by atoms with E-state index in [9.17, 15) is 9.90 Å². The first kappa shape index (κ1) is 19.6. The number of rotatable bonds is 11. The second-order valence-corrected chi connectivity index (χ2v) is 5.96. The summed E-state index contributed by atoms with van der Waals surface area (Å²) in [6, 6.07) is 5.62. The highest BCUT2D eigenvalue weighted by molar-refractivity contribution is 5.94. The summed E-state index contributed by atoms with van der Waals surface area (Å²) >= 11 is 0. The van der Waals surface area contributed by atoms with Crippen molar-refractivity contribution in [3.8, 4) is 5.75 Å². The fraction of sp³-hybridized carbons (Fsp3) is 0.611. The van der Waals surface area contributed by atoms with E-state index in [1.165, 1.54) is 6.92 Å². The summed E-state index contributed by atoms with van der Waals surface area (Å²) in [6.45, 7) is 9.35. The Labute approximate surface area is 139 Å². The lowest BCUT2D eigenvalue weighted by Crippen LogP contribution is -2.35. The van der Waals surface area contributed by atoms with Gasteiger partial charge in [0.05, 0.1) is 6.61 Å². The highest BCUT2D eigenvalue weighted by Crippen LogP contribution is 2.22. The molecule has 2 N–H and O–H groups in total. The van der Waals surface area contributed by atoms with Crippen molar-refractivity contribution in [2.45, 2.75) is 52.9 Å². The van der Waals surface area contributed by atoms with E-state index in [0.29, 0.717) is 37.1 Å². The normalized spacial score (nSPS) is 12.4. The highest BCUT2D eigenvalue weighted by atomic mass is 16.5. The van der Waals surface area contributed by atoms with Gasteiger partial charge in [-0.15, -0.1) is 0 Å². The largest absolute Gasteiger partial charge is 0.490 e. The Hall–Kier alpha value is -1.43. The number of carbonyl (C=O) groups is 1. The number of ketones is 1. The topological polar surface area (TPSA) is 67.8 Å². The minimum atomic E-state index is -0.589. The predicted octanol–water partition coefficient (Wildman–Crippen LogP) is 2.55. The van der Waals surface area contributed by atoms with Gasteiger partial charge in [-0.2, -0.15) is 0 Å². The van der Waals surface area contributed by atoms with Crippen molar-refractivity contribution in [2.75, 3.05) is 19.8 Å². The Balaban J connectivity index is 2.69. The average Bonchev–Trinajstić information content (AvgIpc) is 2.51. The van der Waals surface area contributed by atoms with Crippen molar-refractivity contribution >= 4 is 5.78 Å². The van der Waals surface area contributed by atoms with Gasteiger partial charge in [-0.3, -0.25) is 4.79 Å². The van der Waals surface area contributed by atoms with E-state index in [4.69, 9.17) is 9.47 Å². The monoisotopic (exact) mass is 323 g/mol. The molecule has 0 radical (unpaired) electrons. The molecule has 0 aliphatic heterocycles. The number of nitrogens with one attached hydrogen (secondary N) is 1. The van der Waals surface area contributed by atoms with Gasteiger partial charge in [-0.05, 0) is 31.5 Å². The van der Waals surface area contributed by atoms with Gasteiger partial charge in [-0.25, -0.2) is 0 Å². The molecule has 130 valence electrons. The Morgan fingerprint density at radius 2 is 2.09 bits per heavy atom. The van der Waals surface area contributed by atoms with E-state index in [1.807, 2.05) is 20.8 Å². The van der Waals surface area contributed by atoms with Crippen molar-refractivity contribution in [2.24, 2.45) is 0 Å². The number of benzene rings is 1. The van der Waals surface area contributed by atoms with E-state index in [1.54, 1.807) is 18.2 Å².